The summed E-state index contributed by atoms with van der Waals surface area (Å²) in [5.41, 5.74) is 3.41. The second-order valence-electron chi connectivity index (χ2n) is 9.47. The summed E-state index contributed by atoms with van der Waals surface area (Å²) >= 11 is 0. The van der Waals surface area contributed by atoms with Gasteiger partial charge in [-0.05, 0) is 55.3 Å². The number of nitrogens with one attached hydrogen (secondary N) is 1. The minimum absolute atomic E-state index is 0.00660. The molecule has 0 atom stereocenters. The molecule has 1 N–H and O–H groups in total. The number of rotatable bonds is 5. The molecule has 0 saturated carbocycles. The summed E-state index contributed by atoms with van der Waals surface area (Å²) in [6.45, 7) is 3.59. The molecule has 0 saturated heterocycles. The molecule has 5 aromatic rings. The Morgan fingerprint density at radius 1 is 0.927 bits per heavy atom. The van der Waals surface area contributed by atoms with E-state index >= 15 is 0 Å². The normalized spacial score (nSPS) is 11.0. The highest BCUT2D eigenvalue weighted by atomic mass is 19.4. The smallest absolute Gasteiger partial charge is 0.322 e. The molecule has 0 aliphatic heterocycles. The molecule has 9 heteroatoms. The SMILES string of the molecule is Cc1cn(-c2cc(NC(=O)c3ccc(C)c(C#Cc4cnc(Cc5ccccc5)nc4)c3)cc(C(F)(F)F)c2)cn1. The number of carbonyl (C=O) groups is 1. The molecule has 5 rings (SSSR count). The van der Waals surface area contributed by atoms with Crippen molar-refractivity contribution in [1.29, 1.82) is 0 Å². The Labute approximate surface area is 234 Å². The van der Waals surface area contributed by atoms with Crippen LogP contribution in [0, 0.1) is 25.7 Å². The van der Waals surface area contributed by atoms with Crippen molar-refractivity contribution in [2.75, 3.05) is 5.32 Å². The second-order valence-corrected chi connectivity index (χ2v) is 9.47. The fraction of sp³-hybridized carbons (Fsp3) is 0.125. The lowest BCUT2D eigenvalue weighted by molar-refractivity contribution is -0.137. The molecule has 0 aliphatic carbocycles. The van der Waals surface area contributed by atoms with Gasteiger partial charge in [0.25, 0.3) is 5.91 Å². The first-order chi connectivity index (χ1) is 19.6. The number of aryl methyl sites for hydroxylation is 2. The predicted molar refractivity (Wildman–Crippen MR) is 150 cm³/mol. The van der Waals surface area contributed by atoms with E-state index in [9.17, 15) is 18.0 Å². The fourth-order valence-electron chi connectivity index (χ4n) is 4.09. The molecular weight excluding hydrogens is 527 g/mol. The van der Waals surface area contributed by atoms with Crippen LogP contribution in [-0.2, 0) is 12.6 Å². The van der Waals surface area contributed by atoms with Crippen molar-refractivity contribution in [1.82, 2.24) is 19.5 Å². The standard InChI is InChI=1S/C32H24F3N5O/c1-21-8-10-26(13-25(21)11-9-24-17-36-30(37-18-24)12-23-6-4-3-5-7-23)31(41)39-28-14-27(32(33,34)35)15-29(16-28)40-19-22(2)38-20-40/h3-8,10,13-20H,12H2,1-2H3,(H,39,41). The molecule has 41 heavy (non-hydrogen) atoms. The van der Waals surface area contributed by atoms with Gasteiger partial charge in [-0.3, -0.25) is 4.79 Å². The van der Waals surface area contributed by atoms with Crippen molar-refractivity contribution in [2.24, 2.45) is 0 Å². The average Bonchev–Trinajstić information content (AvgIpc) is 3.39. The van der Waals surface area contributed by atoms with Crippen molar-refractivity contribution in [3.05, 3.63) is 137 Å². The Morgan fingerprint density at radius 2 is 1.68 bits per heavy atom. The number of benzene rings is 3. The number of amides is 1. The number of anilines is 1. The van der Waals surface area contributed by atoms with Gasteiger partial charge in [0.1, 0.15) is 5.82 Å². The molecule has 2 aromatic heterocycles. The van der Waals surface area contributed by atoms with Crippen molar-refractivity contribution in [3.63, 3.8) is 0 Å². The van der Waals surface area contributed by atoms with Crippen molar-refractivity contribution >= 4 is 11.6 Å². The second kappa shape index (κ2) is 11.5. The van der Waals surface area contributed by atoms with Crippen LogP contribution >= 0.6 is 0 Å². The lowest BCUT2D eigenvalue weighted by atomic mass is 10.0. The average molecular weight is 552 g/mol. The number of aromatic nitrogens is 4. The number of halogens is 3. The number of carbonyl (C=O) groups excluding carboxylic acids is 1. The Balaban J connectivity index is 1.35. The fourth-order valence-corrected chi connectivity index (χ4v) is 4.09. The maximum absolute atomic E-state index is 13.6. The summed E-state index contributed by atoms with van der Waals surface area (Å²) in [4.78, 5) is 25.9. The zero-order valence-corrected chi connectivity index (χ0v) is 22.2. The summed E-state index contributed by atoms with van der Waals surface area (Å²) in [6, 6.07) is 18.2. The van der Waals surface area contributed by atoms with E-state index in [-0.39, 0.29) is 16.9 Å². The maximum Gasteiger partial charge on any atom is 0.416 e. The molecule has 0 unspecified atom stereocenters. The van der Waals surface area contributed by atoms with Crippen LogP contribution in [0.5, 0.6) is 0 Å². The van der Waals surface area contributed by atoms with Gasteiger partial charge in [0, 0.05) is 47.5 Å². The van der Waals surface area contributed by atoms with Gasteiger partial charge in [0.15, 0.2) is 0 Å². The molecule has 3 aromatic carbocycles. The lowest BCUT2D eigenvalue weighted by Crippen LogP contribution is -2.14. The third-order valence-electron chi connectivity index (χ3n) is 6.26. The van der Waals surface area contributed by atoms with Crippen LogP contribution in [0.3, 0.4) is 0 Å². The number of imidazole rings is 1. The minimum atomic E-state index is -4.60. The van der Waals surface area contributed by atoms with Crippen LogP contribution < -0.4 is 5.32 Å². The van der Waals surface area contributed by atoms with Crippen LogP contribution in [0.4, 0.5) is 18.9 Å². The van der Waals surface area contributed by atoms with E-state index in [0.717, 1.165) is 23.3 Å². The van der Waals surface area contributed by atoms with Crippen molar-refractivity contribution in [3.8, 4) is 17.5 Å². The largest absolute Gasteiger partial charge is 0.416 e. The van der Waals surface area contributed by atoms with Crippen LogP contribution in [-0.4, -0.2) is 25.4 Å². The van der Waals surface area contributed by atoms with Gasteiger partial charge in [0.05, 0.1) is 23.1 Å². The predicted octanol–water partition coefficient (Wildman–Crippen LogP) is 6.54. The molecule has 6 nitrogen and oxygen atoms in total. The van der Waals surface area contributed by atoms with E-state index in [1.165, 1.54) is 17.0 Å². The first kappa shape index (κ1) is 27.3. The van der Waals surface area contributed by atoms with Gasteiger partial charge >= 0.3 is 6.18 Å². The zero-order chi connectivity index (χ0) is 29.0. The van der Waals surface area contributed by atoms with Crippen LogP contribution in [0.1, 0.15) is 49.7 Å². The number of hydrogen-bond acceptors (Lipinski definition) is 4. The third-order valence-corrected chi connectivity index (χ3v) is 6.26. The molecule has 2 heterocycles. The first-order valence-corrected chi connectivity index (χ1v) is 12.7. The summed E-state index contributed by atoms with van der Waals surface area (Å²) < 4.78 is 42.3. The molecule has 1 amide bonds. The van der Waals surface area contributed by atoms with E-state index in [0.29, 0.717) is 29.1 Å². The summed E-state index contributed by atoms with van der Waals surface area (Å²) in [7, 11) is 0. The topological polar surface area (TPSA) is 72.7 Å². The van der Waals surface area contributed by atoms with Crippen LogP contribution in [0.15, 0.2) is 91.6 Å². The molecule has 0 aliphatic rings. The van der Waals surface area contributed by atoms with Crippen molar-refractivity contribution < 1.29 is 18.0 Å². The maximum atomic E-state index is 13.6. The zero-order valence-electron chi connectivity index (χ0n) is 22.2. The Kier molecular flexibility index (Phi) is 7.66. The highest BCUT2D eigenvalue weighted by Gasteiger charge is 2.31. The quantitative estimate of drug-likeness (QED) is 0.252. The number of hydrogen-bond donors (Lipinski definition) is 1. The molecule has 0 radical (unpaired) electrons. The Morgan fingerprint density at radius 3 is 2.37 bits per heavy atom. The van der Waals surface area contributed by atoms with Gasteiger partial charge in [-0.15, -0.1) is 0 Å². The Hall–Kier alpha value is -5.23. The van der Waals surface area contributed by atoms with Crippen molar-refractivity contribution in [2.45, 2.75) is 26.4 Å². The number of alkyl halides is 3. The van der Waals surface area contributed by atoms with E-state index < -0.39 is 17.6 Å². The summed E-state index contributed by atoms with van der Waals surface area (Å²) in [5.74, 6) is 6.19. The van der Waals surface area contributed by atoms with Gasteiger partial charge in [-0.2, -0.15) is 13.2 Å². The van der Waals surface area contributed by atoms with Crippen LogP contribution in [0.2, 0.25) is 0 Å². The number of nitrogens with zero attached hydrogens (tertiary/aromatic N) is 4. The summed E-state index contributed by atoms with van der Waals surface area (Å²) in [5, 5.41) is 2.59. The summed E-state index contributed by atoms with van der Waals surface area (Å²) in [6.07, 6.45) is 2.34. The van der Waals surface area contributed by atoms with Crippen LogP contribution in [0.25, 0.3) is 5.69 Å². The molecular formula is C32H24F3N5O. The lowest BCUT2D eigenvalue weighted by Gasteiger charge is -2.14. The molecule has 0 spiro atoms. The highest BCUT2D eigenvalue weighted by molar-refractivity contribution is 6.04. The Bertz CT molecular complexity index is 1770. The highest BCUT2D eigenvalue weighted by Crippen LogP contribution is 2.33. The van der Waals surface area contributed by atoms with E-state index in [4.69, 9.17) is 0 Å². The van der Waals surface area contributed by atoms with Gasteiger partial charge in [0.2, 0.25) is 0 Å². The molecule has 0 bridgehead atoms. The third kappa shape index (κ3) is 6.86. The van der Waals surface area contributed by atoms with E-state index in [2.05, 4.69) is 32.1 Å². The minimum Gasteiger partial charge on any atom is -0.322 e. The monoisotopic (exact) mass is 551 g/mol. The van der Waals surface area contributed by atoms with Gasteiger partial charge in [-0.1, -0.05) is 48.2 Å². The van der Waals surface area contributed by atoms with E-state index in [1.54, 1.807) is 43.7 Å². The molecule has 204 valence electrons. The molecule has 0 fully saturated rings. The van der Waals surface area contributed by atoms with Gasteiger partial charge in [-0.25, -0.2) is 15.0 Å². The first-order valence-electron chi connectivity index (χ1n) is 12.7. The van der Waals surface area contributed by atoms with Gasteiger partial charge < -0.3 is 9.88 Å². The van der Waals surface area contributed by atoms with E-state index in [1.807, 2.05) is 37.3 Å².